The third kappa shape index (κ3) is 5.11. The van der Waals surface area contributed by atoms with Crippen molar-refractivity contribution in [2.45, 2.75) is 52.2 Å². The fraction of sp³-hybridized carbons (Fsp3) is 0.360. The Morgan fingerprint density at radius 1 is 1.09 bits per heavy atom. The smallest absolute Gasteiger partial charge is 0.295 e. The van der Waals surface area contributed by atoms with Gasteiger partial charge in [-0.25, -0.2) is 0 Å². The largest absolute Gasteiger partial charge is 0.507 e. The lowest BCUT2D eigenvalue weighted by atomic mass is 9.95. The van der Waals surface area contributed by atoms with E-state index in [2.05, 4.69) is 6.92 Å². The van der Waals surface area contributed by atoms with Crippen LogP contribution in [0.25, 0.3) is 5.76 Å². The van der Waals surface area contributed by atoms with Gasteiger partial charge in [0.05, 0.1) is 27.8 Å². The molecule has 1 atom stereocenters. The zero-order chi connectivity index (χ0) is 23.4. The van der Waals surface area contributed by atoms with Crippen LogP contribution in [0.15, 0.2) is 48.0 Å². The number of halogens is 2. The van der Waals surface area contributed by atoms with Gasteiger partial charge in [0.1, 0.15) is 11.5 Å². The maximum Gasteiger partial charge on any atom is 0.295 e. The normalized spacial score (nSPS) is 17.9. The Morgan fingerprint density at radius 2 is 1.84 bits per heavy atom. The summed E-state index contributed by atoms with van der Waals surface area (Å²) in [5.74, 6) is -0.987. The van der Waals surface area contributed by atoms with Crippen molar-refractivity contribution in [3.05, 3.63) is 69.2 Å². The lowest BCUT2D eigenvalue weighted by Crippen LogP contribution is -2.30. The summed E-state index contributed by atoms with van der Waals surface area (Å²) in [6.45, 7) is 6.33. The van der Waals surface area contributed by atoms with E-state index in [-0.39, 0.29) is 22.5 Å². The molecule has 1 N–H and O–H groups in total. The number of carbonyl (C=O) groups is 2. The fourth-order valence-electron chi connectivity index (χ4n) is 3.82. The molecule has 1 saturated heterocycles. The number of likely N-dealkylation sites (tertiary alicyclic amines) is 1. The number of aliphatic hydroxyl groups excluding tert-OH is 1. The molecule has 0 radical (unpaired) electrons. The summed E-state index contributed by atoms with van der Waals surface area (Å²) in [7, 11) is 0. The van der Waals surface area contributed by atoms with Crippen molar-refractivity contribution in [2.24, 2.45) is 0 Å². The Balaban J connectivity index is 2.14. The summed E-state index contributed by atoms with van der Waals surface area (Å²) in [4.78, 5) is 27.6. The van der Waals surface area contributed by atoms with Crippen molar-refractivity contribution < 1.29 is 19.4 Å². The third-order valence-electron chi connectivity index (χ3n) is 5.28. The van der Waals surface area contributed by atoms with Crippen LogP contribution in [-0.4, -0.2) is 34.3 Å². The van der Waals surface area contributed by atoms with Gasteiger partial charge in [0.25, 0.3) is 11.7 Å². The SMILES string of the molecule is CCCCCN1C(=O)C(=O)/C(=C(\O)c2ccc(Cl)c(Cl)c2)C1c1cccc(OC(C)C)c1. The average Bonchev–Trinajstić information content (AvgIpc) is 3.00. The summed E-state index contributed by atoms with van der Waals surface area (Å²) in [6, 6.07) is 11.2. The molecule has 5 nitrogen and oxygen atoms in total. The molecule has 1 heterocycles. The van der Waals surface area contributed by atoms with Gasteiger partial charge >= 0.3 is 0 Å². The van der Waals surface area contributed by atoms with E-state index in [1.54, 1.807) is 12.1 Å². The van der Waals surface area contributed by atoms with E-state index in [9.17, 15) is 14.7 Å². The molecular weight excluding hydrogens is 449 g/mol. The number of nitrogens with zero attached hydrogens (tertiary/aromatic N) is 1. The Kier molecular flexibility index (Phi) is 7.86. The molecule has 1 aliphatic rings. The molecule has 7 heteroatoms. The third-order valence-corrected chi connectivity index (χ3v) is 6.02. The highest BCUT2D eigenvalue weighted by atomic mass is 35.5. The second kappa shape index (κ2) is 10.4. The first-order valence-electron chi connectivity index (χ1n) is 10.7. The second-order valence-corrected chi connectivity index (χ2v) is 8.88. The first kappa shape index (κ1) is 24.1. The van der Waals surface area contributed by atoms with Crippen LogP contribution in [-0.2, 0) is 9.59 Å². The molecule has 0 aromatic heterocycles. The number of amides is 1. The number of hydrogen-bond donors (Lipinski definition) is 1. The maximum atomic E-state index is 13.1. The predicted molar refractivity (Wildman–Crippen MR) is 127 cm³/mol. The fourth-order valence-corrected chi connectivity index (χ4v) is 4.12. The van der Waals surface area contributed by atoms with E-state index >= 15 is 0 Å². The minimum atomic E-state index is -0.725. The number of Topliss-reactive ketones (excluding diaryl/α,β-unsaturated/α-hetero) is 1. The molecule has 2 aromatic carbocycles. The van der Waals surface area contributed by atoms with Gasteiger partial charge in [0.15, 0.2) is 0 Å². The Bertz CT molecular complexity index is 1050. The molecule has 170 valence electrons. The number of rotatable bonds is 8. The number of unbranched alkanes of at least 4 members (excludes halogenated alkanes) is 2. The molecule has 0 saturated carbocycles. The van der Waals surface area contributed by atoms with Crippen molar-refractivity contribution >= 4 is 40.7 Å². The number of ketones is 1. The monoisotopic (exact) mass is 475 g/mol. The molecule has 0 spiro atoms. The van der Waals surface area contributed by atoms with Gasteiger partial charge in [-0.1, -0.05) is 55.1 Å². The van der Waals surface area contributed by atoms with Gasteiger partial charge in [-0.15, -0.1) is 0 Å². The van der Waals surface area contributed by atoms with Crippen LogP contribution in [0.5, 0.6) is 5.75 Å². The molecular formula is C25H27Cl2NO4. The molecule has 2 aromatic rings. The van der Waals surface area contributed by atoms with Crippen LogP contribution in [0.3, 0.4) is 0 Å². The van der Waals surface area contributed by atoms with Crippen molar-refractivity contribution in [1.82, 2.24) is 4.90 Å². The summed E-state index contributed by atoms with van der Waals surface area (Å²) in [5.41, 5.74) is 1.05. The number of hydrogen-bond acceptors (Lipinski definition) is 4. The highest BCUT2D eigenvalue weighted by molar-refractivity contribution is 6.46. The number of ether oxygens (including phenoxy) is 1. The van der Waals surface area contributed by atoms with Crippen LogP contribution in [0, 0.1) is 0 Å². The number of benzene rings is 2. The Morgan fingerprint density at radius 3 is 2.50 bits per heavy atom. The second-order valence-electron chi connectivity index (χ2n) is 8.07. The van der Waals surface area contributed by atoms with Gasteiger partial charge < -0.3 is 14.7 Å². The zero-order valence-electron chi connectivity index (χ0n) is 18.4. The molecule has 32 heavy (non-hydrogen) atoms. The van der Waals surface area contributed by atoms with E-state index in [1.165, 1.54) is 11.0 Å². The summed E-state index contributed by atoms with van der Waals surface area (Å²) in [6.07, 6.45) is 2.64. The average molecular weight is 476 g/mol. The lowest BCUT2D eigenvalue weighted by Gasteiger charge is -2.26. The molecule has 0 aliphatic carbocycles. The highest BCUT2D eigenvalue weighted by Gasteiger charge is 2.45. The summed E-state index contributed by atoms with van der Waals surface area (Å²) < 4.78 is 5.81. The molecule has 3 rings (SSSR count). The number of aliphatic hydroxyl groups is 1. The van der Waals surface area contributed by atoms with E-state index in [0.29, 0.717) is 28.4 Å². The first-order valence-corrected chi connectivity index (χ1v) is 11.5. The van der Waals surface area contributed by atoms with Crippen LogP contribution < -0.4 is 4.74 Å². The van der Waals surface area contributed by atoms with Crippen LogP contribution >= 0.6 is 23.2 Å². The highest BCUT2D eigenvalue weighted by Crippen LogP contribution is 2.41. The van der Waals surface area contributed by atoms with Crippen molar-refractivity contribution in [3.63, 3.8) is 0 Å². The standard InChI is InChI=1S/C25H27Cl2NO4/c1-4-5-6-12-28-22(16-8-7-9-18(13-16)32-15(2)3)21(24(30)25(28)31)23(29)17-10-11-19(26)20(27)14-17/h7-11,13-15,22,29H,4-6,12H2,1-3H3/b23-21-. The molecule has 1 unspecified atom stereocenters. The lowest BCUT2D eigenvalue weighted by molar-refractivity contribution is -0.139. The molecule has 1 amide bonds. The summed E-state index contributed by atoms with van der Waals surface area (Å²) in [5, 5.41) is 11.7. The zero-order valence-corrected chi connectivity index (χ0v) is 19.9. The quantitative estimate of drug-likeness (QED) is 0.207. The molecule has 1 fully saturated rings. The minimum absolute atomic E-state index is 0.0302. The van der Waals surface area contributed by atoms with E-state index in [0.717, 1.165) is 19.3 Å². The van der Waals surface area contributed by atoms with Crippen molar-refractivity contribution in [2.75, 3.05) is 6.54 Å². The van der Waals surface area contributed by atoms with Crippen LogP contribution in [0.4, 0.5) is 0 Å². The van der Waals surface area contributed by atoms with Crippen molar-refractivity contribution in [1.29, 1.82) is 0 Å². The van der Waals surface area contributed by atoms with E-state index in [1.807, 2.05) is 38.1 Å². The Hall–Kier alpha value is -2.50. The van der Waals surface area contributed by atoms with E-state index < -0.39 is 17.7 Å². The Labute approximate surface area is 198 Å². The van der Waals surface area contributed by atoms with Gasteiger partial charge in [-0.05, 0) is 56.2 Å². The topological polar surface area (TPSA) is 66.8 Å². The van der Waals surface area contributed by atoms with Gasteiger partial charge in [-0.3, -0.25) is 9.59 Å². The van der Waals surface area contributed by atoms with Gasteiger partial charge in [0, 0.05) is 12.1 Å². The summed E-state index contributed by atoms with van der Waals surface area (Å²) >= 11 is 12.1. The number of carbonyl (C=O) groups excluding carboxylic acids is 2. The van der Waals surface area contributed by atoms with E-state index in [4.69, 9.17) is 27.9 Å². The van der Waals surface area contributed by atoms with Crippen molar-refractivity contribution in [3.8, 4) is 5.75 Å². The maximum absolute atomic E-state index is 13.1. The van der Waals surface area contributed by atoms with Crippen LogP contribution in [0.1, 0.15) is 57.2 Å². The van der Waals surface area contributed by atoms with Crippen LogP contribution in [0.2, 0.25) is 10.0 Å². The minimum Gasteiger partial charge on any atom is -0.507 e. The molecule has 0 bridgehead atoms. The molecule has 1 aliphatic heterocycles. The van der Waals surface area contributed by atoms with Gasteiger partial charge in [-0.2, -0.15) is 0 Å². The first-order chi connectivity index (χ1) is 15.2. The predicted octanol–water partition coefficient (Wildman–Crippen LogP) is 6.39. The van der Waals surface area contributed by atoms with Gasteiger partial charge in [0.2, 0.25) is 0 Å².